The number of fused-ring (bicyclic) bond motifs is 1. The van der Waals surface area contributed by atoms with Gasteiger partial charge in [-0.2, -0.15) is 0 Å². The molecule has 0 amide bonds. The number of hydrogen-bond donors (Lipinski definition) is 0. The van der Waals surface area contributed by atoms with Crippen molar-refractivity contribution < 1.29 is 0 Å². The maximum absolute atomic E-state index is 6.08. The highest BCUT2D eigenvalue weighted by Gasteiger charge is 2.36. The molecule has 0 aromatic carbocycles. The molecule has 2 fully saturated rings. The van der Waals surface area contributed by atoms with Crippen LogP contribution in [0.2, 0.25) is 0 Å². The molecule has 20 heavy (non-hydrogen) atoms. The average Bonchev–Trinajstić information content (AvgIpc) is 2.97. The zero-order valence-corrected chi connectivity index (χ0v) is 13.6. The van der Waals surface area contributed by atoms with Crippen molar-refractivity contribution in [1.82, 2.24) is 4.98 Å². The quantitative estimate of drug-likeness (QED) is 0.753. The Morgan fingerprint density at radius 1 is 1.20 bits per heavy atom. The van der Waals surface area contributed by atoms with Crippen LogP contribution in [-0.4, -0.2) is 18.1 Å². The first-order valence-corrected chi connectivity index (χ1v) is 8.33. The molecular formula is C17H25ClN2. The number of rotatable bonds is 2. The highest BCUT2D eigenvalue weighted by Crippen LogP contribution is 2.39. The van der Waals surface area contributed by atoms with Crippen LogP contribution in [0.1, 0.15) is 51.3 Å². The lowest BCUT2D eigenvalue weighted by Crippen LogP contribution is -2.24. The lowest BCUT2D eigenvalue weighted by atomic mass is 9.91. The third-order valence-corrected chi connectivity index (χ3v) is 5.15. The second-order valence-electron chi connectivity index (χ2n) is 7.46. The molecule has 1 saturated heterocycles. The molecule has 3 rings (SSSR count). The fraction of sp³-hybridized carbons (Fsp3) is 0.706. The molecule has 0 N–H and O–H groups in total. The Morgan fingerprint density at radius 2 is 1.85 bits per heavy atom. The van der Waals surface area contributed by atoms with E-state index in [-0.39, 0.29) is 5.41 Å². The smallest absolute Gasteiger partial charge is 0.129 e. The Bertz CT molecular complexity index is 480. The minimum Gasteiger partial charge on any atom is -0.356 e. The van der Waals surface area contributed by atoms with E-state index in [2.05, 4.69) is 37.8 Å². The SMILES string of the molecule is CC(C)(C)c1cc(CCl)cc(N2CC3CCCC3C2)n1. The van der Waals surface area contributed by atoms with E-state index in [4.69, 9.17) is 16.6 Å². The summed E-state index contributed by atoms with van der Waals surface area (Å²) in [4.78, 5) is 7.42. The molecule has 0 spiro atoms. The zero-order chi connectivity index (χ0) is 14.3. The minimum absolute atomic E-state index is 0.0758. The van der Waals surface area contributed by atoms with Gasteiger partial charge >= 0.3 is 0 Å². The van der Waals surface area contributed by atoms with Crippen LogP contribution < -0.4 is 4.90 Å². The van der Waals surface area contributed by atoms with Crippen molar-refractivity contribution in [2.45, 2.75) is 51.3 Å². The summed E-state index contributed by atoms with van der Waals surface area (Å²) in [5.74, 6) is 3.51. The van der Waals surface area contributed by atoms with E-state index in [1.807, 2.05) is 0 Å². The van der Waals surface area contributed by atoms with Crippen LogP contribution in [0.25, 0.3) is 0 Å². The van der Waals surface area contributed by atoms with E-state index < -0.39 is 0 Å². The third kappa shape index (κ3) is 2.67. The molecular weight excluding hydrogens is 268 g/mol. The zero-order valence-electron chi connectivity index (χ0n) is 12.8. The topological polar surface area (TPSA) is 16.1 Å². The van der Waals surface area contributed by atoms with Crippen molar-refractivity contribution >= 4 is 17.4 Å². The maximum atomic E-state index is 6.08. The van der Waals surface area contributed by atoms with E-state index in [0.29, 0.717) is 5.88 Å². The summed E-state index contributed by atoms with van der Waals surface area (Å²) in [7, 11) is 0. The van der Waals surface area contributed by atoms with Crippen molar-refractivity contribution in [2.24, 2.45) is 11.8 Å². The first-order valence-electron chi connectivity index (χ1n) is 7.80. The maximum Gasteiger partial charge on any atom is 0.129 e. The minimum atomic E-state index is 0.0758. The predicted molar refractivity (Wildman–Crippen MR) is 85.5 cm³/mol. The second-order valence-corrected chi connectivity index (χ2v) is 7.73. The van der Waals surface area contributed by atoms with Gasteiger partial charge in [-0.15, -0.1) is 11.6 Å². The Labute approximate surface area is 127 Å². The van der Waals surface area contributed by atoms with E-state index in [0.717, 1.165) is 23.3 Å². The Morgan fingerprint density at radius 3 is 2.40 bits per heavy atom. The van der Waals surface area contributed by atoms with E-state index in [1.54, 1.807) is 0 Å². The van der Waals surface area contributed by atoms with Gasteiger partial charge in [0, 0.05) is 30.1 Å². The highest BCUT2D eigenvalue weighted by molar-refractivity contribution is 6.17. The normalized spacial score (nSPS) is 26.1. The summed E-state index contributed by atoms with van der Waals surface area (Å²) in [6.45, 7) is 9.03. The van der Waals surface area contributed by atoms with Gasteiger partial charge in [-0.3, -0.25) is 0 Å². The van der Waals surface area contributed by atoms with Crippen LogP contribution in [0.3, 0.4) is 0 Å². The van der Waals surface area contributed by atoms with Crippen molar-refractivity contribution in [3.8, 4) is 0 Å². The molecule has 110 valence electrons. The molecule has 1 aromatic heterocycles. The lowest BCUT2D eigenvalue weighted by Gasteiger charge is -2.24. The van der Waals surface area contributed by atoms with E-state index in [9.17, 15) is 0 Å². The van der Waals surface area contributed by atoms with E-state index in [1.165, 1.54) is 37.9 Å². The van der Waals surface area contributed by atoms with Crippen LogP contribution in [0.5, 0.6) is 0 Å². The van der Waals surface area contributed by atoms with Crippen molar-refractivity contribution in [2.75, 3.05) is 18.0 Å². The number of aromatic nitrogens is 1. The van der Waals surface area contributed by atoms with Crippen LogP contribution in [-0.2, 0) is 11.3 Å². The standard InChI is InChI=1S/C17H25ClN2/c1-17(2,3)15-7-12(9-18)8-16(19-15)20-10-13-5-4-6-14(13)11-20/h7-8,13-14H,4-6,9-11H2,1-3H3. The van der Waals surface area contributed by atoms with Crippen molar-refractivity contribution in [1.29, 1.82) is 0 Å². The fourth-order valence-electron chi connectivity index (χ4n) is 3.62. The summed E-state index contributed by atoms with van der Waals surface area (Å²) in [6.07, 6.45) is 4.23. The number of pyridine rings is 1. The highest BCUT2D eigenvalue weighted by atomic mass is 35.5. The summed E-state index contributed by atoms with van der Waals surface area (Å²) in [5.41, 5.74) is 2.42. The van der Waals surface area contributed by atoms with Gasteiger partial charge in [-0.05, 0) is 42.4 Å². The third-order valence-electron chi connectivity index (χ3n) is 4.84. The van der Waals surface area contributed by atoms with Gasteiger partial charge in [0.05, 0.1) is 0 Å². The fourth-order valence-corrected chi connectivity index (χ4v) is 3.77. The number of alkyl halides is 1. The molecule has 1 aliphatic heterocycles. The average molecular weight is 293 g/mol. The summed E-state index contributed by atoms with van der Waals surface area (Å²) in [5, 5.41) is 0. The van der Waals surface area contributed by atoms with Gasteiger partial charge < -0.3 is 4.90 Å². The Balaban J connectivity index is 1.89. The van der Waals surface area contributed by atoms with Gasteiger partial charge in [0.1, 0.15) is 5.82 Å². The van der Waals surface area contributed by atoms with Crippen LogP contribution in [0, 0.1) is 11.8 Å². The van der Waals surface area contributed by atoms with Crippen LogP contribution >= 0.6 is 11.6 Å². The summed E-state index contributed by atoms with van der Waals surface area (Å²) in [6, 6.07) is 4.34. The Hall–Kier alpha value is -0.760. The molecule has 2 aliphatic rings. The van der Waals surface area contributed by atoms with Crippen LogP contribution in [0.15, 0.2) is 12.1 Å². The van der Waals surface area contributed by atoms with Crippen molar-refractivity contribution in [3.63, 3.8) is 0 Å². The summed E-state index contributed by atoms with van der Waals surface area (Å²) >= 11 is 6.08. The number of hydrogen-bond acceptors (Lipinski definition) is 2. The van der Waals surface area contributed by atoms with Crippen molar-refractivity contribution in [3.05, 3.63) is 23.4 Å². The Kier molecular flexibility index (Phi) is 3.70. The molecule has 1 aromatic rings. The van der Waals surface area contributed by atoms with Gasteiger partial charge in [0.2, 0.25) is 0 Å². The molecule has 3 heteroatoms. The number of halogens is 1. The van der Waals surface area contributed by atoms with Gasteiger partial charge in [0.25, 0.3) is 0 Å². The molecule has 2 heterocycles. The molecule has 2 nitrogen and oxygen atoms in total. The van der Waals surface area contributed by atoms with Gasteiger partial charge in [0.15, 0.2) is 0 Å². The molecule has 1 aliphatic carbocycles. The second kappa shape index (κ2) is 5.22. The van der Waals surface area contributed by atoms with E-state index >= 15 is 0 Å². The van der Waals surface area contributed by atoms with Gasteiger partial charge in [-0.25, -0.2) is 4.98 Å². The molecule has 1 saturated carbocycles. The first-order chi connectivity index (χ1) is 9.47. The number of nitrogens with zero attached hydrogens (tertiary/aromatic N) is 2. The number of anilines is 1. The molecule has 0 bridgehead atoms. The van der Waals surface area contributed by atoms with Crippen LogP contribution in [0.4, 0.5) is 5.82 Å². The molecule has 2 unspecified atom stereocenters. The predicted octanol–water partition coefficient (Wildman–Crippen LogP) is 4.35. The molecule has 0 radical (unpaired) electrons. The monoisotopic (exact) mass is 292 g/mol. The van der Waals surface area contributed by atoms with Gasteiger partial charge in [-0.1, -0.05) is 27.2 Å². The largest absolute Gasteiger partial charge is 0.356 e. The lowest BCUT2D eigenvalue weighted by molar-refractivity contribution is 0.494. The first kappa shape index (κ1) is 14.2. The molecule has 2 atom stereocenters. The summed E-state index contributed by atoms with van der Waals surface area (Å²) < 4.78 is 0.